The van der Waals surface area contributed by atoms with Crippen molar-refractivity contribution in [3.05, 3.63) is 54.1 Å². The fourth-order valence-corrected chi connectivity index (χ4v) is 5.04. The minimum absolute atomic E-state index is 0.222. The number of carbonyl (C=O) groups is 1. The molecule has 0 spiro atoms. The molecule has 2 aromatic carbocycles. The predicted octanol–water partition coefficient (Wildman–Crippen LogP) is 1.48. The number of benzene rings is 2. The summed E-state index contributed by atoms with van der Waals surface area (Å²) in [5.41, 5.74) is 1.13. The molecule has 1 unspecified atom stereocenters. The summed E-state index contributed by atoms with van der Waals surface area (Å²) < 4.78 is 19.8. The van der Waals surface area contributed by atoms with Crippen LogP contribution in [-0.4, -0.2) is 27.1 Å². The molecule has 3 rings (SSSR count). The van der Waals surface area contributed by atoms with Gasteiger partial charge in [0.1, 0.15) is 0 Å². The average Bonchev–Trinajstić information content (AvgIpc) is 2.72. The van der Waals surface area contributed by atoms with Crippen molar-refractivity contribution in [3.8, 4) is 5.75 Å². The Balaban J connectivity index is 2.15. The van der Waals surface area contributed by atoms with Crippen molar-refractivity contribution in [2.75, 3.05) is 11.0 Å². The maximum absolute atomic E-state index is 12.6. The summed E-state index contributed by atoms with van der Waals surface area (Å²) in [5, 5.41) is 0. The van der Waals surface area contributed by atoms with Gasteiger partial charge in [-0.1, -0.05) is 0 Å². The molecular weight excluding hydrogens is 309 g/mol. The molecule has 1 aliphatic heterocycles. The number of ether oxygens (including phenoxy) is 1. The summed E-state index contributed by atoms with van der Waals surface area (Å²) in [6.07, 6.45) is 0. The molecule has 1 amide bonds. The van der Waals surface area contributed by atoms with E-state index in [0.29, 0.717) is 21.5 Å². The van der Waals surface area contributed by atoms with Gasteiger partial charge in [0.05, 0.1) is 0 Å². The van der Waals surface area contributed by atoms with Gasteiger partial charge in [-0.3, -0.25) is 0 Å². The van der Waals surface area contributed by atoms with Gasteiger partial charge in [-0.2, -0.15) is 0 Å². The number of carbonyl (C=O) groups excluding carboxylic acids is 1. The van der Waals surface area contributed by atoms with Crippen LogP contribution in [0.15, 0.2) is 48.5 Å². The number of para-hydroxylation sites is 1. The molecule has 1 aliphatic rings. The van der Waals surface area contributed by atoms with Crippen LogP contribution in [0.1, 0.15) is 10.4 Å². The SMILES string of the molecule is COc1cccc2c1[Se](=O)N(c1ccccc1)C2=O. The van der Waals surface area contributed by atoms with Crippen molar-refractivity contribution >= 4 is 30.1 Å². The number of fused-ring (bicyclic) bond motifs is 1. The zero-order valence-electron chi connectivity index (χ0n) is 10.2. The molecule has 0 radical (unpaired) electrons. The molecule has 0 fully saturated rings. The molecule has 0 saturated heterocycles. The van der Waals surface area contributed by atoms with E-state index in [2.05, 4.69) is 0 Å². The van der Waals surface area contributed by atoms with Crippen molar-refractivity contribution in [2.24, 2.45) is 0 Å². The van der Waals surface area contributed by atoms with E-state index >= 15 is 0 Å². The molecule has 1 heterocycles. The molecule has 0 N–H and O–H groups in total. The molecule has 2 aromatic rings. The van der Waals surface area contributed by atoms with Gasteiger partial charge in [0.25, 0.3) is 0 Å². The molecule has 5 heteroatoms. The molecule has 1 atom stereocenters. The monoisotopic (exact) mass is 321 g/mol. The van der Waals surface area contributed by atoms with Crippen LogP contribution in [0.4, 0.5) is 5.69 Å². The fourth-order valence-electron chi connectivity index (χ4n) is 2.08. The van der Waals surface area contributed by atoms with Crippen molar-refractivity contribution in [1.82, 2.24) is 0 Å². The van der Waals surface area contributed by atoms with Crippen LogP contribution in [-0.2, 0) is 3.83 Å². The normalized spacial score (nSPS) is 17.4. The van der Waals surface area contributed by atoms with Crippen molar-refractivity contribution in [3.63, 3.8) is 0 Å². The minimum atomic E-state index is -2.64. The number of methoxy groups -OCH3 is 1. The molecule has 96 valence electrons. The van der Waals surface area contributed by atoms with Gasteiger partial charge in [-0.25, -0.2) is 0 Å². The fraction of sp³-hybridized carbons (Fsp3) is 0.0714. The first kappa shape index (κ1) is 12.1. The summed E-state index contributed by atoms with van der Waals surface area (Å²) in [6, 6.07) is 14.2. The Kier molecular flexibility index (Phi) is 2.93. The quantitative estimate of drug-likeness (QED) is 0.788. The number of hydrogen-bond donors (Lipinski definition) is 0. The summed E-state index contributed by atoms with van der Waals surface area (Å²) in [4.78, 5) is 12.4. The van der Waals surface area contributed by atoms with E-state index < -0.39 is 14.1 Å². The van der Waals surface area contributed by atoms with Crippen LogP contribution in [0.3, 0.4) is 0 Å². The Bertz CT molecular complexity index is 670. The van der Waals surface area contributed by atoms with Gasteiger partial charge >= 0.3 is 114 Å². The van der Waals surface area contributed by atoms with Gasteiger partial charge in [-0.15, -0.1) is 0 Å². The summed E-state index contributed by atoms with van der Waals surface area (Å²) >= 11 is -2.64. The Morgan fingerprint density at radius 1 is 1.05 bits per heavy atom. The summed E-state index contributed by atoms with van der Waals surface area (Å²) in [6.45, 7) is 0. The standard InChI is InChI=1S/C14H11NO3Se/c1-18-12-9-5-8-11-13(12)19(17)15(14(11)16)10-6-3-2-4-7-10/h2-9H,1H3. The van der Waals surface area contributed by atoms with Crippen molar-refractivity contribution in [1.29, 1.82) is 0 Å². The van der Waals surface area contributed by atoms with Crippen LogP contribution in [0.2, 0.25) is 0 Å². The average molecular weight is 320 g/mol. The maximum atomic E-state index is 12.6. The topological polar surface area (TPSA) is 46.6 Å². The van der Waals surface area contributed by atoms with Crippen LogP contribution >= 0.6 is 0 Å². The van der Waals surface area contributed by atoms with Crippen LogP contribution < -0.4 is 13.1 Å². The second-order valence-corrected chi connectivity index (χ2v) is 6.69. The zero-order chi connectivity index (χ0) is 13.4. The van der Waals surface area contributed by atoms with E-state index in [4.69, 9.17) is 4.74 Å². The Labute approximate surface area is 114 Å². The molecule has 0 aromatic heterocycles. The molecule has 0 aliphatic carbocycles. The summed E-state index contributed by atoms with van der Waals surface area (Å²) in [5.74, 6) is 0.296. The zero-order valence-corrected chi connectivity index (χ0v) is 11.9. The Morgan fingerprint density at radius 2 is 1.79 bits per heavy atom. The number of nitrogens with zero attached hydrogens (tertiary/aromatic N) is 1. The van der Waals surface area contributed by atoms with Gasteiger partial charge in [0, 0.05) is 0 Å². The summed E-state index contributed by atoms with van der Waals surface area (Å²) in [7, 11) is 1.52. The van der Waals surface area contributed by atoms with Crippen LogP contribution in [0.5, 0.6) is 5.75 Å². The van der Waals surface area contributed by atoms with E-state index in [1.165, 1.54) is 11.0 Å². The number of hydrogen-bond acceptors (Lipinski definition) is 3. The van der Waals surface area contributed by atoms with E-state index in [1.54, 1.807) is 30.3 Å². The van der Waals surface area contributed by atoms with Crippen LogP contribution in [0.25, 0.3) is 0 Å². The number of amides is 1. The van der Waals surface area contributed by atoms with E-state index in [9.17, 15) is 8.63 Å². The molecule has 0 bridgehead atoms. The van der Waals surface area contributed by atoms with Gasteiger partial charge in [0.15, 0.2) is 0 Å². The number of rotatable bonds is 2. The van der Waals surface area contributed by atoms with E-state index in [-0.39, 0.29) is 5.91 Å². The van der Waals surface area contributed by atoms with Crippen molar-refractivity contribution < 1.29 is 13.4 Å². The van der Waals surface area contributed by atoms with Gasteiger partial charge in [-0.05, 0) is 0 Å². The van der Waals surface area contributed by atoms with Crippen LogP contribution in [0, 0.1) is 0 Å². The first-order valence-electron chi connectivity index (χ1n) is 5.72. The Morgan fingerprint density at radius 3 is 2.47 bits per heavy atom. The first-order valence-corrected chi connectivity index (χ1v) is 8.04. The second kappa shape index (κ2) is 4.61. The second-order valence-electron chi connectivity index (χ2n) is 4.02. The van der Waals surface area contributed by atoms with E-state index in [0.717, 1.165) is 0 Å². The Hall–Kier alpha value is -1.97. The third kappa shape index (κ3) is 1.79. The first-order chi connectivity index (χ1) is 9.24. The third-order valence-corrected chi connectivity index (χ3v) is 6.05. The third-order valence-electron chi connectivity index (χ3n) is 2.94. The molecule has 4 nitrogen and oxygen atoms in total. The van der Waals surface area contributed by atoms with Gasteiger partial charge < -0.3 is 0 Å². The van der Waals surface area contributed by atoms with E-state index in [1.807, 2.05) is 18.2 Å². The number of anilines is 1. The van der Waals surface area contributed by atoms with Gasteiger partial charge in [0.2, 0.25) is 0 Å². The van der Waals surface area contributed by atoms with Crippen molar-refractivity contribution in [2.45, 2.75) is 0 Å². The molecular formula is C14H11NO3Se. The predicted molar refractivity (Wildman–Crippen MR) is 72.3 cm³/mol. The molecule has 0 saturated carbocycles. The molecule has 19 heavy (non-hydrogen) atoms.